The van der Waals surface area contributed by atoms with Gasteiger partial charge in [0.25, 0.3) is 0 Å². The summed E-state index contributed by atoms with van der Waals surface area (Å²) >= 11 is 0. The molecule has 170 valence electrons. The van der Waals surface area contributed by atoms with Gasteiger partial charge < -0.3 is 20.3 Å². The van der Waals surface area contributed by atoms with Gasteiger partial charge in [-0.1, -0.05) is 44.2 Å². The summed E-state index contributed by atoms with van der Waals surface area (Å²) in [5.74, 6) is -1.72. The van der Waals surface area contributed by atoms with Crippen LogP contribution < -0.4 is 10.1 Å². The highest BCUT2D eigenvalue weighted by Gasteiger charge is 2.38. The van der Waals surface area contributed by atoms with Gasteiger partial charge in [-0.25, -0.2) is 4.79 Å². The van der Waals surface area contributed by atoms with Crippen LogP contribution in [0.2, 0.25) is 0 Å². The van der Waals surface area contributed by atoms with Gasteiger partial charge in [0, 0.05) is 6.54 Å². The third-order valence-electron chi connectivity index (χ3n) is 4.77. The average molecular weight is 433 g/mol. The van der Waals surface area contributed by atoms with Crippen molar-refractivity contribution in [1.29, 1.82) is 0 Å². The van der Waals surface area contributed by atoms with Crippen molar-refractivity contribution in [3.05, 3.63) is 29.8 Å². The molecule has 9 heteroatoms. The number of hydrogen-bond acceptors (Lipinski definition) is 4. The second kappa shape index (κ2) is 13.8. The lowest BCUT2D eigenvalue weighted by atomic mass is 9.87. The Morgan fingerprint density at radius 3 is 2.37 bits per heavy atom. The number of rotatable bonds is 10. The van der Waals surface area contributed by atoms with Gasteiger partial charge in [-0.15, -0.1) is 0 Å². The molecule has 0 heterocycles. The Kier molecular flexibility index (Phi) is 11.9. The molecule has 1 aromatic rings. The molecule has 0 aromatic heterocycles. The Bertz CT molecular complexity index is 646. The molecule has 0 bridgehead atoms. The Morgan fingerprint density at radius 1 is 1.10 bits per heavy atom. The fourth-order valence-corrected chi connectivity index (χ4v) is 3.16. The molecule has 1 aliphatic rings. The zero-order valence-electron chi connectivity index (χ0n) is 16.9. The number of aliphatic carboxylic acids is 2. The lowest BCUT2D eigenvalue weighted by Gasteiger charge is -2.21. The number of carboxylic acids is 2. The first-order chi connectivity index (χ1) is 14.2. The summed E-state index contributed by atoms with van der Waals surface area (Å²) in [5, 5.41) is 18.9. The van der Waals surface area contributed by atoms with E-state index >= 15 is 0 Å². The van der Waals surface area contributed by atoms with Gasteiger partial charge >= 0.3 is 18.1 Å². The van der Waals surface area contributed by atoms with Gasteiger partial charge in [0.2, 0.25) is 0 Å². The minimum absolute atomic E-state index is 0.171. The van der Waals surface area contributed by atoms with Crippen molar-refractivity contribution in [3.63, 3.8) is 0 Å². The lowest BCUT2D eigenvalue weighted by molar-refractivity contribution is -0.192. The van der Waals surface area contributed by atoms with Gasteiger partial charge in [0.1, 0.15) is 5.75 Å². The SMILES string of the molecule is O=C(O)C(F)(F)F.O=C(O)CCNCCc1cccc(OCCC2CCCCC2)c1. The van der Waals surface area contributed by atoms with Crippen molar-refractivity contribution >= 4 is 11.9 Å². The molecule has 0 spiro atoms. The summed E-state index contributed by atoms with van der Waals surface area (Å²) in [6.45, 7) is 2.12. The van der Waals surface area contributed by atoms with E-state index in [2.05, 4.69) is 17.4 Å². The van der Waals surface area contributed by atoms with Crippen LogP contribution in [0, 0.1) is 5.92 Å². The van der Waals surface area contributed by atoms with Crippen molar-refractivity contribution in [1.82, 2.24) is 5.32 Å². The van der Waals surface area contributed by atoms with Crippen LogP contribution in [-0.2, 0) is 16.0 Å². The third kappa shape index (κ3) is 12.3. The maximum Gasteiger partial charge on any atom is 0.490 e. The molecule has 30 heavy (non-hydrogen) atoms. The van der Waals surface area contributed by atoms with Crippen LogP contribution >= 0.6 is 0 Å². The first kappa shape index (κ1) is 25.7. The monoisotopic (exact) mass is 433 g/mol. The topological polar surface area (TPSA) is 95.9 Å². The fourth-order valence-electron chi connectivity index (χ4n) is 3.16. The van der Waals surface area contributed by atoms with Crippen molar-refractivity contribution in [2.45, 2.75) is 57.5 Å². The molecular weight excluding hydrogens is 403 g/mol. The summed E-state index contributed by atoms with van der Waals surface area (Å²) < 4.78 is 37.6. The van der Waals surface area contributed by atoms with Crippen LogP contribution in [0.15, 0.2) is 24.3 Å². The maximum atomic E-state index is 10.6. The molecule has 1 saturated carbocycles. The summed E-state index contributed by atoms with van der Waals surface area (Å²) in [7, 11) is 0. The van der Waals surface area contributed by atoms with E-state index in [1.165, 1.54) is 44.1 Å². The summed E-state index contributed by atoms with van der Waals surface area (Å²) in [6, 6.07) is 8.23. The smallest absolute Gasteiger partial charge is 0.490 e. The van der Waals surface area contributed by atoms with E-state index in [4.69, 9.17) is 19.7 Å². The predicted octanol–water partition coefficient (Wildman–Crippen LogP) is 4.28. The second-order valence-electron chi connectivity index (χ2n) is 7.24. The predicted molar refractivity (Wildman–Crippen MR) is 106 cm³/mol. The number of halogens is 3. The van der Waals surface area contributed by atoms with Gasteiger partial charge in [-0.05, 0) is 43.0 Å². The van der Waals surface area contributed by atoms with Crippen LogP contribution in [-0.4, -0.2) is 48.0 Å². The first-order valence-corrected chi connectivity index (χ1v) is 10.1. The van der Waals surface area contributed by atoms with Crippen molar-refractivity contribution in [2.24, 2.45) is 5.92 Å². The molecule has 0 aliphatic heterocycles. The van der Waals surface area contributed by atoms with E-state index in [1.54, 1.807) is 0 Å². The zero-order valence-corrected chi connectivity index (χ0v) is 16.9. The van der Waals surface area contributed by atoms with Gasteiger partial charge in [-0.2, -0.15) is 13.2 Å². The number of carbonyl (C=O) groups is 2. The molecule has 0 atom stereocenters. The Labute approximate surface area is 174 Å². The lowest BCUT2D eigenvalue weighted by Crippen LogP contribution is -2.21. The van der Waals surface area contributed by atoms with E-state index in [9.17, 15) is 18.0 Å². The van der Waals surface area contributed by atoms with Crippen LogP contribution in [0.5, 0.6) is 5.75 Å². The standard InChI is InChI=1S/C19H29NO3.C2HF3O2/c21-19(22)10-13-20-12-9-17-7-4-8-18(15-17)23-14-11-16-5-2-1-3-6-16;3-2(4,5)1(6)7/h4,7-8,15-16,20H,1-3,5-6,9-14H2,(H,21,22);(H,6,7). The van der Waals surface area contributed by atoms with Gasteiger partial charge in [-0.3, -0.25) is 4.79 Å². The molecule has 2 rings (SSSR count). The number of hydrogen-bond donors (Lipinski definition) is 3. The highest BCUT2D eigenvalue weighted by atomic mass is 19.4. The molecule has 1 aromatic carbocycles. The molecule has 6 nitrogen and oxygen atoms in total. The summed E-state index contributed by atoms with van der Waals surface area (Å²) in [5.41, 5.74) is 1.22. The van der Waals surface area contributed by atoms with E-state index in [0.29, 0.717) is 6.54 Å². The Balaban J connectivity index is 0.000000553. The van der Waals surface area contributed by atoms with Crippen LogP contribution in [0.4, 0.5) is 13.2 Å². The van der Waals surface area contributed by atoms with E-state index < -0.39 is 18.1 Å². The third-order valence-corrected chi connectivity index (χ3v) is 4.77. The minimum atomic E-state index is -5.08. The Hall–Kier alpha value is -2.29. The number of carboxylic acid groups (broad SMARTS) is 2. The molecule has 0 amide bonds. The van der Waals surface area contributed by atoms with E-state index in [1.807, 2.05) is 12.1 Å². The molecule has 1 fully saturated rings. The molecule has 1 aliphatic carbocycles. The maximum absolute atomic E-state index is 10.6. The average Bonchev–Trinajstić information content (AvgIpc) is 2.68. The number of nitrogens with one attached hydrogen (secondary N) is 1. The fraction of sp³-hybridized carbons (Fsp3) is 0.619. The molecule has 3 N–H and O–H groups in total. The molecule has 0 radical (unpaired) electrons. The van der Waals surface area contributed by atoms with Crippen LogP contribution in [0.3, 0.4) is 0 Å². The number of benzene rings is 1. The minimum Gasteiger partial charge on any atom is -0.494 e. The summed E-state index contributed by atoms with van der Waals surface area (Å²) in [4.78, 5) is 19.3. The van der Waals surface area contributed by atoms with E-state index in [0.717, 1.165) is 31.2 Å². The van der Waals surface area contributed by atoms with E-state index in [-0.39, 0.29) is 6.42 Å². The summed E-state index contributed by atoms with van der Waals surface area (Å²) in [6.07, 6.45) is 4.05. The van der Waals surface area contributed by atoms with Gasteiger partial charge in [0.15, 0.2) is 0 Å². The molecular formula is C21H30F3NO5. The van der Waals surface area contributed by atoms with Crippen molar-refractivity contribution < 1.29 is 37.7 Å². The zero-order chi connectivity index (χ0) is 22.4. The molecule has 0 unspecified atom stereocenters. The van der Waals surface area contributed by atoms with Gasteiger partial charge in [0.05, 0.1) is 13.0 Å². The van der Waals surface area contributed by atoms with Crippen molar-refractivity contribution in [3.8, 4) is 5.75 Å². The number of alkyl halides is 3. The number of ether oxygens (including phenoxy) is 1. The van der Waals surface area contributed by atoms with Crippen LogP contribution in [0.25, 0.3) is 0 Å². The molecule has 0 saturated heterocycles. The normalized spacial score (nSPS) is 14.5. The second-order valence-corrected chi connectivity index (χ2v) is 7.24. The van der Waals surface area contributed by atoms with Crippen molar-refractivity contribution in [2.75, 3.05) is 19.7 Å². The quantitative estimate of drug-likeness (QED) is 0.477. The highest BCUT2D eigenvalue weighted by Crippen LogP contribution is 2.26. The largest absolute Gasteiger partial charge is 0.494 e. The highest BCUT2D eigenvalue weighted by molar-refractivity contribution is 5.73. The van der Waals surface area contributed by atoms with Crippen LogP contribution in [0.1, 0.15) is 50.5 Å². The Morgan fingerprint density at radius 2 is 1.77 bits per heavy atom. The first-order valence-electron chi connectivity index (χ1n) is 10.1.